The molecule has 2 bridgehead atoms. The van der Waals surface area contributed by atoms with E-state index in [1.165, 1.54) is 0 Å². The van der Waals surface area contributed by atoms with E-state index in [1.54, 1.807) is 35.6 Å². The summed E-state index contributed by atoms with van der Waals surface area (Å²) < 4.78 is 20.6. The van der Waals surface area contributed by atoms with Crippen molar-refractivity contribution in [1.82, 2.24) is 20.5 Å². The first-order chi connectivity index (χ1) is 14.6. The lowest BCUT2D eigenvalue weighted by Gasteiger charge is -2.42. The minimum absolute atomic E-state index is 0.108. The first-order valence-electron chi connectivity index (χ1n) is 10.2. The van der Waals surface area contributed by atoms with Crippen molar-refractivity contribution in [3.05, 3.63) is 40.7 Å². The maximum atomic E-state index is 14.7. The van der Waals surface area contributed by atoms with Gasteiger partial charge < -0.3 is 15.2 Å². The van der Waals surface area contributed by atoms with Crippen molar-refractivity contribution < 1.29 is 14.2 Å². The van der Waals surface area contributed by atoms with Gasteiger partial charge in [-0.1, -0.05) is 12.5 Å². The molecule has 30 heavy (non-hydrogen) atoms. The van der Waals surface area contributed by atoms with Crippen LogP contribution in [0.5, 0.6) is 11.6 Å². The van der Waals surface area contributed by atoms with Crippen LogP contribution in [0.3, 0.4) is 0 Å². The van der Waals surface area contributed by atoms with E-state index in [-0.39, 0.29) is 11.8 Å². The van der Waals surface area contributed by atoms with Crippen molar-refractivity contribution in [3.63, 3.8) is 0 Å². The molecule has 6 nitrogen and oxygen atoms in total. The fourth-order valence-corrected chi connectivity index (χ4v) is 4.98. The molecule has 3 aromatic rings. The second-order valence-electron chi connectivity index (χ2n) is 7.98. The second kappa shape index (κ2) is 7.92. The van der Waals surface area contributed by atoms with E-state index in [1.807, 2.05) is 18.4 Å². The standard InChI is InChI=1S/C22H23FN4O2S/c1-12-24-18(11-30-12)13-5-6-15(19(28)9-13)16-7-8-21(27-26-16)29-20-10-14-3-2-4-17(25-14)22(20)23/h5-9,11,14,17,20,22,25,28H,2-4,10H2,1H3/t14?,17?,20-,22+/m1/s1. The Bertz CT molecular complexity index is 1040. The Morgan fingerprint density at radius 1 is 1.17 bits per heavy atom. The number of hydrogen-bond donors (Lipinski definition) is 2. The largest absolute Gasteiger partial charge is 0.507 e. The van der Waals surface area contributed by atoms with Crippen LogP contribution in [-0.2, 0) is 0 Å². The van der Waals surface area contributed by atoms with Crippen molar-refractivity contribution in [2.45, 2.75) is 57.0 Å². The lowest BCUT2D eigenvalue weighted by molar-refractivity contribution is 0.00652. The number of halogens is 1. The van der Waals surface area contributed by atoms with Gasteiger partial charge in [-0.3, -0.25) is 0 Å². The van der Waals surface area contributed by atoms with Crippen molar-refractivity contribution in [2.75, 3.05) is 0 Å². The van der Waals surface area contributed by atoms with Crippen molar-refractivity contribution in [2.24, 2.45) is 0 Å². The molecule has 156 valence electrons. The molecule has 5 rings (SSSR count). The molecule has 0 aliphatic carbocycles. The number of aryl methyl sites for hydroxylation is 1. The number of benzene rings is 1. The first-order valence-corrected chi connectivity index (χ1v) is 11.1. The van der Waals surface area contributed by atoms with Gasteiger partial charge in [-0.05, 0) is 38.0 Å². The molecule has 2 N–H and O–H groups in total. The van der Waals surface area contributed by atoms with Crippen LogP contribution < -0.4 is 10.1 Å². The summed E-state index contributed by atoms with van der Waals surface area (Å²) in [6.45, 7) is 1.95. The van der Waals surface area contributed by atoms with Gasteiger partial charge in [0.2, 0.25) is 5.88 Å². The average molecular weight is 427 g/mol. The molecule has 0 saturated carbocycles. The number of aromatic nitrogens is 3. The number of phenols is 1. The predicted molar refractivity (Wildman–Crippen MR) is 113 cm³/mol. The van der Waals surface area contributed by atoms with Crippen LogP contribution in [0, 0.1) is 6.92 Å². The number of ether oxygens (including phenoxy) is 1. The number of hydrogen-bond acceptors (Lipinski definition) is 7. The van der Waals surface area contributed by atoms with Gasteiger partial charge in [-0.2, -0.15) is 0 Å². The normalized spacial score (nSPS) is 25.8. The highest BCUT2D eigenvalue weighted by molar-refractivity contribution is 7.09. The van der Waals surface area contributed by atoms with Crippen LogP contribution in [0.1, 0.15) is 30.7 Å². The molecule has 0 spiro atoms. The summed E-state index contributed by atoms with van der Waals surface area (Å²) in [7, 11) is 0. The number of nitrogens with one attached hydrogen (secondary N) is 1. The monoisotopic (exact) mass is 426 g/mol. The Hall–Kier alpha value is -2.58. The highest BCUT2D eigenvalue weighted by Gasteiger charge is 2.41. The molecule has 2 aliphatic rings. The van der Waals surface area contributed by atoms with Crippen molar-refractivity contribution in [3.8, 4) is 34.1 Å². The third-order valence-electron chi connectivity index (χ3n) is 5.87. The summed E-state index contributed by atoms with van der Waals surface area (Å²) in [5.41, 5.74) is 2.78. The van der Waals surface area contributed by atoms with Crippen LogP contribution in [-0.4, -0.2) is 44.6 Å². The van der Waals surface area contributed by atoms with Crippen LogP contribution in [0.2, 0.25) is 0 Å². The van der Waals surface area contributed by atoms with E-state index in [0.29, 0.717) is 29.6 Å². The number of piperidine rings is 2. The molecular formula is C22H23FN4O2S. The maximum absolute atomic E-state index is 14.7. The Balaban J connectivity index is 1.31. The quantitative estimate of drug-likeness (QED) is 0.648. The van der Waals surface area contributed by atoms with Crippen molar-refractivity contribution in [1.29, 1.82) is 0 Å². The minimum Gasteiger partial charge on any atom is -0.507 e. The zero-order valence-electron chi connectivity index (χ0n) is 16.6. The number of alkyl halides is 1. The summed E-state index contributed by atoms with van der Waals surface area (Å²) in [6, 6.07) is 8.98. The second-order valence-corrected chi connectivity index (χ2v) is 9.04. The number of aromatic hydroxyl groups is 1. The number of thiazole rings is 1. The van der Waals surface area contributed by atoms with E-state index >= 15 is 0 Å². The third-order valence-corrected chi connectivity index (χ3v) is 6.65. The summed E-state index contributed by atoms with van der Waals surface area (Å²) in [5, 5.41) is 25.1. The fourth-order valence-electron chi connectivity index (χ4n) is 4.36. The van der Waals surface area contributed by atoms with E-state index < -0.39 is 12.3 Å². The Morgan fingerprint density at radius 3 is 2.80 bits per heavy atom. The molecular weight excluding hydrogens is 403 g/mol. The smallest absolute Gasteiger partial charge is 0.233 e. The fraction of sp³-hybridized carbons (Fsp3) is 0.409. The summed E-state index contributed by atoms with van der Waals surface area (Å²) in [6.07, 6.45) is 2.06. The molecule has 0 amide bonds. The van der Waals surface area contributed by atoms with Gasteiger partial charge in [-0.25, -0.2) is 9.37 Å². The highest BCUT2D eigenvalue weighted by Crippen LogP contribution is 2.34. The van der Waals surface area contributed by atoms with Gasteiger partial charge in [0.15, 0.2) is 6.17 Å². The molecule has 2 fully saturated rings. The molecule has 2 aromatic heterocycles. The molecule has 2 saturated heterocycles. The minimum atomic E-state index is -1.05. The third kappa shape index (κ3) is 3.77. The molecule has 4 heterocycles. The maximum Gasteiger partial charge on any atom is 0.233 e. The Kier molecular flexibility index (Phi) is 5.12. The average Bonchev–Trinajstić information content (AvgIpc) is 3.19. The van der Waals surface area contributed by atoms with Crippen LogP contribution in [0.15, 0.2) is 35.7 Å². The number of rotatable bonds is 4. The molecule has 0 radical (unpaired) electrons. The van der Waals surface area contributed by atoms with E-state index in [2.05, 4.69) is 20.5 Å². The Labute approximate surface area is 178 Å². The highest BCUT2D eigenvalue weighted by atomic mass is 32.1. The van der Waals surface area contributed by atoms with Gasteiger partial charge in [-0.15, -0.1) is 21.5 Å². The zero-order chi connectivity index (χ0) is 20.7. The van der Waals surface area contributed by atoms with Gasteiger partial charge in [0.1, 0.15) is 11.9 Å². The summed E-state index contributed by atoms with van der Waals surface area (Å²) in [5.74, 6) is 0.413. The topological polar surface area (TPSA) is 80.2 Å². The van der Waals surface area contributed by atoms with Gasteiger partial charge in [0.25, 0.3) is 0 Å². The lowest BCUT2D eigenvalue weighted by atomic mass is 9.84. The van der Waals surface area contributed by atoms with Gasteiger partial charge >= 0.3 is 0 Å². The molecule has 1 aromatic carbocycles. The first kappa shape index (κ1) is 19.4. The van der Waals surface area contributed by atoms with E-state index in [0.717, 1.165) is 35.5 Å². The molecule has 8 heteroatoms. The zero-order valence-corrected chi connectivity index (χ0v) is 17.4. The predicted octanol–water partition coefficient (Wildman–Crippen LogP) is 4.28. The molecule has 2 unspecified atom stereocenters. The Morgan fingerprint density at radius 2 is 2.07 bits per heavy atom. The van der Waals surface area contributed by atoms with Crippen LogP contribution in [0.25, 0.3) is 22.5 Å². The van der Waals surface area contributed by atoms with Crippen LogP contribution >= 0.6 is 11.3 Å². The van der Waals surface area contributed by atoms with Crippen molar-refractivity contribution >= 4 is 11.3 Å². The van der Waals surface area contributed by atoms with E-state index in [4.69, 9.17) is 4.74 Å². The summed E-state index contributed by atoms with van der Waals surface area (Å²) >= 11 is 1.57. The number of nitrogens with zero attached hydrogens (tertiary/aromatic N) is 3. The number of fused-ring (bicyclic) bond motifs is 2. The SMILES string of the molecule is Cc1nc(-c2ccc(-c3ccc(O[C@@H]4CC5CCCC(N5)[C@@H]4F)nn3)c(O)c2)cs1. The van der Waals surface area contributed by atoms with E-state index in [9.17, 15) is 9.50 Å². The number of phenolic OH excluding ortho intramolecular Hbond substituents is 1. The van der Waals surface area contributed by atoms with Crippen LogP contribution in [0.4, 0.5) is 4.39 Å². The summed E-state index contributed by atoms with van der Waals surface area (Å²) in [4.78, 5) is 4.45. The lowest BCUT2D eigenvalue weighted by Crippen LogP contribution is -2.59. The molecule has 4 atom stereocenters. The molecule has 2 aliphatic heterocycles. The van der Waals surface area contributed by atoms with Gasteiger partial charge in [0.05, 0.1) is 16.4 Å². The van der Waals surface area contributed by atoms with Gasteiger partial charge in [0, 0.05) is 41.1 Å².